The van der Waals surface area contributed by atoms with Crippen LogP contribution in [0.15, 0.2) is 62.9 Å². The smallest absolute Gasteiger partial charge is 0.256 e. The number of nitrogens with zero attached hydrogens (tertiary/aromatic N) is 3. The highest BCUT2D eigenvalue weighted by Crippen LogP contribution is 2.32. The van der Waals surface area contributed by atoms with Gasteiger partial charge in [-0.3, -0.25) is 9.69 Å². The lowest BCUT2D eigenvalue weighted by Gasteiger charge is -2.27. The highest BCUT2D eigenvalue weighted by atomic mass is 32.2. The molecular weight excluding hydrogens is 467 g/mol. The molecule has 2 aromatic heterocycles. The van der Waals surface area contributed by atoms with Gasteiger partial charge in [-0.1, -0.05) is 36.0 Å². The zero-order valence-corrected chi connectivity index (χ0v) is 20.3. The van der Waals surface area contributed by atoms with E-state index in [9.17, 15) is 9.18 Å². The Labute approximate surface area is 206 Å². The van der Waals surface area contributed by atoms with Crippen LogP contribution in [0.3, 0.4) is 0 Å². The zero-order valence-electron chi connectivity index (χ0n) is 19.5. The number of aromatic amines is 1. The number of fused-ring (bicyclic) bond motifs is 1. The van der Waals surface area contributed by atoms with Gasteiger partial charge in [0.15, 0.2) is 5.16 Å². The SMILES string of the molecule is COc1ccccc1-c1nc(CSc2nc3c(c(=O)[nH]2)CN(Cc2ccc(F)cc2)CC3)c(C)o1. The van der Waals surface area contributed by atoms with Gasteiger partial charge in [0.05, 0.1) is 29.6 Å². The largest absolute Gasteiger partial charge is 0.496 e. The number of rotatable bonds is 7. The Hall–Kier alpha value is -3.43. The Bertz CT molecular complexity index is 1400. The molecule has 7 nitrogen and oxygen atoms in total. The van der Waals surface area contributed by atoms with E-state index in [2.05, 4.69) is 14.9 Å². The van der Waals surface area contributed by atoms with E-state index in [1.54, 1.807) is 19.2 Å². The van der Waals surface area contributed by atoms with Gasteiger partial charge in [0, 0.05) is 31.8 Å². The molecule has 4 aromatic rings. The van der Waals surface area contributed by atoms with Crippen molar-refractivity contribution in [3.05, 3.63) is 93.0 Å². The van der Waals surface area contributed by atoms with Gasteiger partial charge in [-0.25, -0.2) is 14.4 Å². The quantitative estimate of drug-likeness (QED) is 0.295. The van der Waals surface area contributed by atoms with Crippen LogP contribution < -0.4 is 10.3 Å². The van der Waals surface area contributed by atoms with Crippen LogP contribution in [0.25, 0.3) is 11.5 Å². The molecule has 1 aliphatic rings. The minimum Gasteiger partial charge on any atom is -0.496 e. The number of hydrogen-bond acceptors (Lipinski definition) is 7. The predicted octanol–water partition coefficient (Wildman–Crippen LogP) is 4.73. The van der Waals surface area contributed by atoms with E-state index in [0.717, 1.165) is 34.8 Å². The second-order valence-electron chi connectivity index (χ2n) is 8.39. The number of thioether (sulfide) groups is 1. The number of ether oxygens (including phenoxy) is 1. The number of aromatic nitrogens is 3. The number of methoxy groups -OCH3 is 1. The first-order valence-corrected chi connectivity index (χ1v) is 12.3. The number of H-pyrrole nitrogens is 1. The fourth-order valence-corrected chi connectivity index (χ4v) is 5.03. The Morgan fingerprint density at radius 3 is 2.77 bits per heavy atom. The summed E-state index contributed by atoms with van der Waals surface area (Å²) in [4.78, 5) is 27.3. The molecule has 1 aliphatic heterocycles. The number of nitrogens with one attached hydrogen (secondary N) is 1. The first kappa shape index (κ1) is 23.3. The predicted molar refractivity (Wildman–Crippen MR) is 132 cm³/mol. The summed E-state index contributed by atoms with van der Waals surface area (Å²) < 4.78 is 24.5. The average Bonchev–Trinajstić information content (AvgIpc) is 3.24. The van der Waals surface area contributed by atoms with Crippen LogP contribution in [-0.2, 0) is 25.3 Å². The topological polar surface area (TPSA) is 84.2 Å². The Kier molecular flexibility index (Phi) is 6.70. The fourth-order valence-electron chi connectivity index (χ4n) is 4.14. The fraction of sp³-hybridized carbons (Fsp3) is 0.269. The van der Waals surface area contributed by atoms with Gasteiger partial charge < -0.3 is 14.1 Å². The molecule has 0 saturated carbocycles. The minimum absolute atomic E-state index is 0.118. The van der Waals surface area contributed by atoms with E-state index in [1.165, 1.54) is 23.9 Å². The van der Waals surface area contributed by atoms with Crippen molar-refractivity contribution < 1.29 is 13.5 Å². The molecule has 0 saturated heterocycles. The molecule has 0 bridgehead atoms. The van der Waals surface area contributed by atoms with E-state index in [0.29, 0.717) is 47.6 Å². The van der Waals surface area contributed by atoms with Gasteiger partial charge in [-0.05, 0) is 36.8 Å². The molecule has 9 heteroatoms. The Morgan fingerprint density at radius 2 is 1.97 bits per heavy atom. The number of oxazole rings is 1. The lowest BCUT2D eigenvalue weighted by Crippen LogP contribution is -2.35. The number of halogens is 1. The molecule has 0 unspecified atom stereocenters. The molecule has 5 rings (SSSR count). The van der Waals surface area contributed by atoms with Crippen LogP contribution in [0, 0.1) is 12.7 Å². The van der Waals surface area contributed by atoms with Gasteiger partial charge in [-0.2, -0.15) is 0 Å². The monoisotopic (exact) mass is 492 g/mol. The normalized spacial score (nSPS) is 13.6. The lowest BCUT2D eigenvalue weighted by atomic mass is 10.1. The summed E-state index contributed by atoms with van der Waals surface area (Å²) in [5.41, 5.74) is 4.01. The second kappa shape index (κ2) is 10.1. The van der Waals surface area contributed by atoms with Crippen LogP contribution in [-0.4, -0.2) is 33.5 Å². The van der Waals surface area contributed by atoms with Crippen molar-refractivity contribution in [2.24, 2.45) is 0 Å². The van der Waals surface area contributed by atoms with Crippen molar-refractivity contribution in [1.29, 1.82) is 0 Å². The Balaban J connectivity index is 1.27. The number of aryl methyl sites for hydroxylation is 1. The highest BCUT2D eigenvalue weighted by molar-refractivity contribution is 7.98. The van der Waals surface area contributed by atoms with Crippen molar-refractivity contribution in [2.75, 3.05) is 13.7 Å². The summed E-state index contributed by atoms with van der Waals surface area (Å²) in [6.07, 6.45) is 0.689. The van der Waals surface area contributed by atoms with Crippen LogP contribution in [0.4, 0.5) is 4.39 Å². The van der Waals surface area contributed by atoms with E-state index in [4.69, 9.17) is 14.1 Å². The van der Waals surface area contributed by atoms with E-state index >= 15 is 0 Å². The van der Waals surface area contributed by atoms with Crippen molar-refractivity contribution in [3.63, 3.8) is 0 Å². The molecule has 0 radical (unpaired) electrons. The summed E-state index contributed by atoms with van der Waals surface area (Å²) in [5.74, 6) is 2.18. The van der Waals surface area contributed by atoms with Gasteiger partial charge >= 0.3 is 0 Å². The molecule has 2 aromatic carbocycles. The highest BCUT2D eigenvalue weighted by Gasteiger charge is 2.22. The van der Waals surface area contributed by atoms with Gasteiger partial charge in [0.25, 0.3) is 5.56 Å². The number of benzene rings is 2. The Morgan fingerprint density at radius 1 is 1.17 bits per heavy atom. The van der Waals surface area contributed by atoms with Crippen molar-refractivity contribution in [1.82, 2.24) is 19.9 Å². The minimum atomic E-state index is -0.250. The summed E-state index contributed by atoms with van der Waals surface area (Å²) in [6.45, 7) is 3.84. The summed E-state index contributed by atoms with van der Waals surface area (Å²) in [6, 6.07) is 14.1. The maximum atomic E-state index is 13.2. The summed E-state index contributed by atoms with van der Waals surface area (Å²) in [5, 5.41) is 0.571. The molecule has 0 spiro atoms. The van der Waals surface area contributed by atoms with Crippen molar-refractivity contribution >= 4 is 11.8 Å². The van der Waals surface area contributed by atoms with E-state index in [-0.39, 0.29) is 11.4 Å². The molecule has 0 atom stereocenters. The van der Waals surface area contributed by atoms with Gasteiger partial charge in [0.2, 0.25) is 5.89 Å². The number of para-hydroxylation sites is 1. The van der Waals surface area contributed by atoms with E-state index in [1.807, 2.05) is 31.2 Å². The first-order valence-electron chi connectivity index (χ1n) is 11.3. The van der Waals surface area contributed by atoms with Crippen molar-refractivity contribution in [3.8, 4) is 17.2 Å². The molecular formula is C26H25FN4O3S. The molecule has 3 heterocycles. The average molecular weight is 493 g/mol. The molecule has 0 aliphatic carbocycles. The van der Waals surface area contributed by atoms with Crippen molar-refractivity contribution in [2.45, 2.75) is 37.3 Å². The second-order valence-corrected chi connectivity index (χ2v) is 9.36. The molecule has 35 heavy (non-hydrogen) atoms. The standard InChI is InChI=1S/C26H25FN4O3S/c1-16-22(28-25(34-16)19-5-3-4-6-23(19)33-2)15-35-26-29-21-11-12-31(14-20(21)24(32)30-26)13-17-7-9-18(27)10-8-17/h3-10H,11-15H2,1-2H3,(H,29,30,32). The van der Waals surface area contributed by atoms with E-state index < -0.39 is 0 Å². The lowest BCUT2D eigenvalue weighted by molar-refractivity contribution is 0.241. The van der Waals surface area contributed by atoms with Crippen LogP contribution in [0.1, 0.15) is 28.3 Å². The molecule has 180 valence electrons. The third kappa shape index (κ3) is 5.16. The maximum absolute atomic E-state index is 13.2. The summed E-state index contributed by atoms with van der Waals surface area (Å²) in [7, 11) is 1.62. The summed E-state index contributed by atoms with van der Waals surface area (Å²) >= 11 is 1.43. The zero-order chi connectivity index (χ0) is 24.4. The van der Waals surface area contributed by atoms with Crippen LogP contribution in [0.2, 0.25) is 0 Å². The third-order valence-electron chi connectivity index (χ3n) is 6.02. The molecule has 1 N–H and O–H groups in total. The first-order chi connectivity index (χ1) is 17.0. The molecule has 0 amide bonds. The molecule has 0 fully saturated rings. The third-order valence-corrected chi connectivity index (χ3v) is 6.91. The number of hydrogen-bond donors (Lipinski definition) is 1. The van der Waals surface area contributed by atoms with Gasteiger partial charge in [0.1, 0.15) is 17.3 Å². The van der Waals surface area contributed by atoms with Crippen LogP contribution in [0.5, 0.6) is 5.75 Å². The van der Waals surface area contributed by atoms with Gasteiger partial charge in [-0.15, -0.1) is 0 Å². The van der Waals surface area contributed by atoms with Crippen LogP contribution >= 0.6 is 11.8 Å². The maximum Gasteiger partial charge on any atom is 0.256 e.